The molecule has 2 aliphatic rings. The van der Waals surface area contributed by atoms with E-state index in [-0.39, 0.29) is 5.91 Å². The van der Waals surface area contributed by atoms with Crippen molar-refractivity contribution in [2.45, 2.75) is 33.0 Å². The molecule has 116 valence electrons. The Morgan fingerprint density at radius 2 is 1.59 bits per heavy atom. The number of carboxylic acids is 1. The van der Waals surface area contributed by atoms with E-state index in [2.05, 4.69) is 5.32 Å². The fourth-order valence-corrected chi connectivity index (χ4v) is 3.50. The Labute approximate surface area is 129 Å². The van der Waals surface area contributed by atoms with Crippen LogP contribution in [0.2, 0.25) is 0 Å². The van der Waals surface area contributed by atoms with Gasteiger partial charge in [0.1, 0.15) is 5.92 Å². The third-order valence-electron chi connectivity index (χ3n) is 4.41. The van der Waals surface area contributed by atoms with E-state index in [9.17, 15) is 14.7 Å². The topological polar surface area (TPSA) is 75.6 Å². The molecular weight excluding hydrogens is 282 g/mol. The van der Waals surface area contributed by atoms with Crippen molar-refractivity contribution in [3.8, 4) is 0 Å². The second-order valence-corrected chi connectivity index (χ2v) is 6.10. The van der Waals surface area contributed by atoms with E-state index in [1.165, 1.54) is 0 Å². The molecule has 2 N–H and O–H groups in total. The normalized spacial score (nSPS) is 28.9. The highest BCUT2D eigenvalue weighted by molar-refractivity contribution is 5.97. The van der Waals surface area contributed by atoms with Crippen LogP contribution in [-0.2, 0) is 14.3 Å². The first-order valence-electron chi connectivity index (χ1n) is 7.34. The molecule has 2 bridgehead atoms. The highest BCUT2D eigenvalue weighted by atomic mass is 16.5. The summed E-state index contributed by atoms with van der Waals surface area (Å²) in [7, 11) is 0. The zero-order valence-corrected chi connectivity index (χ0v) is 12.8. The lowest BCUT2D eigenvalue weighted by atomic mass is 9.82. The molecule has 1 fully saturated rings. The molecule has 2 heterocycles. The van der Waals surface area contributed by atoms with Crippen molar-refractivity contribution < 1.29 is 19.4 Å². The Morgan fingerprint density at radius 1 is 1.05 bits per heavy atom. The SMILES string of the molecule is Cc1cc(C)c(NC(=O)[C@H]2[C@H](C(=O)O)[C@H]3C=C[C@H]2O3)c(C)c1. The van der Waals surface area contributed by atoms with Crippen molar-refractivity contribution in [1.29, 1.82) is 0 Å². The monoisotopic (exact) mass is 301 g/mol. The first kappa shape index (κ1) is 14.8. The van der Waals surface area contributed by atoms with Crippen LogP contribution in [0.25, 0.3) is 0 Å². The van der Waals surface area contributed by atoms with Gasteiger partial charge in [0.2, 0.25) is 5.91 Å². The van der Waals surface area contributed by atoms with E-state index in [4.69, 9.17) is 4.74 Å². The minimum absolute atomic E-state index is 0.292. The number of nitrogens with one attached hydrogen (secondary N) is 1. The lowest BCUT2D eigenvalue weighted by molar-refractivity contribution is -0.145. The van der Waals surface area contributed by atoms with Crippen molar-refractivity contribution in [2.24, 2.45) is 11.8 Å². The van der Waals surface area contributed by atoms with Crippen molar-refractivity contribution in [2.75, 3.05) is 5.32 Å². The lowest BCUT2D eigenvalue weighted by Crippen LogP contribution is -2.39. The molecule has 0 aliphatic carbocycles. The van der Waals surface area contributed by atoms with Crippen LogP contribution in [0.4, 0.5) is 5.69 Å². The molecule has 4 atom stereocenters. The van der Waals surface area contributed by atoms with Crippen molar-refractivity contribution in [3.05, 3.63) is 41.0 Å². The number of carbonyl (C=O) groups is 2. The predicted molar refractivity (Wildman–Crippen MR) is 81.7 cm³/mol. The molecule has 0 unspecified atom stereocenters. The number of amides is 1. The van der Waals surface area contributed by atoms with E-state index < -0.39 is 30.0 Å². The van der Waals surface area contributed by atoms with E-state index >= 15 is 0 Å². The number of rotatable bonds is 3. The molecule has 0 spiro atoms. The highest BCUT2D eigenvalue weighted by Gasteiger charge is 2.53. The fourth-order valence-electron chi connectivity index (χ4n) is 3.50. The number of aryl methyl sites for hydroxylation is 3. The fraction of sp³-hybridized carbons (Fsp3) is 0.412. The van der Waals surface area contributed by atoms with Gasteiger partial charge in [0.15, 0.2) is 0 Å². The zero-order chi connectivity index (χ0) is 16.0. The Kier molecular flexibility index (Phi) is 3.53. The van der Waals surface area contributed by atoms with Crippen LogP contribution in [0.3, 0.4) is 0 Å². The van der Waals surface area contributed by atoms with Gasteiger partial charge in [0.05, 0.1) is 18.1 Å². The second kappa shape index (κ2) is 5.25. The summed E-state index contributed by atoms with van der Waals surface area (Å²) in [5.41, 5.74) is 3.82. The molecule has 5 nitrogen and oxygen atoms in total. The van der Waals surface area contributed by atoms with Crippen molar-refractivity contribution in [3.63, 3.8) is 0 Å². The maximum Gasteiger partial charge on any atom is 0.310 e. The van der Waals surface area contributed by atoms with Crippen LogP contribution in [0.15, 0.2) is 24.3 Å². The van der Waals surface area contributed by atoms with Crippen molar-refractivity contribution >= 4 is 17.6 Å². The second-order valence-electron chi connectivity index (χ2n) is 6.10. The summed E-state index contributed by atoms with van der Waals surface area (Å²) in [5, 5.41) is 12.3. The number of carboxylic acid groups (broad SMARTS) is 1. The molecule has 1 saturated heterocycles. The number of aliphatic carboxylic acids is 1. The van der Waals surface area contributed by atoms with E-state index in [0.29, 0.717) is 0 Å². The Morgan fingerprint density at radius 3 is 2.14 bits per heavy atom. The Bertz CT molecular complexity index is 656. The van der Waals surface area contributed by atoms with Crippen molar-refractivity contribution in [1.82, 2.24) is 0 Å². The van der Waals surface area contributed by atoms with Crippen LogP contribution in [0.5, 0.6) is 0 Å². The molecule has 0 radical (unpaired) electrons. The van der Waals surface area contributed by atoms with Gasteiger partial charge in [0.25, 0.3) is 0 Å². The van der Waals surface area contributed by atoms with Gasteiger partial charge < -0.3 is 15.2 Å². The predicted octanol–water partition coefficient (Wildman–Crippen LogP) is 2.20. The minimum atomic E-state index is -0.991. The van der Waals surface area contributed by atoms with Crippen LogP contribution in [-0.4, -0.2) is 29.2 Å². The summed E-state index contributed by atoms with van der Waals surface area (Å²) in [6, 6.07) is 3.99. The van der Waals surface area contributed by atoms with Crippen LogP contribution >= 0.6 is 0 Å². The molecule has 0 saturated carbocycles. The third-order valence-corrected chi connectivity index (χ3v) is 4.41. The highest BCUT2D eigenvalue weighted by Crippen LogP contribution is 2.40. The molecule has 5 heteroatoms. The first-order chi connectivity index (χ1) is 10.4. The summed E-state index contributed by atoms with van der Waals surface area (Å²) in [6.07, 6.45) is 2.56. The number of carbonyl (C=O) groups excluding carboxylic acids is 1. The van der Waals surface area contributed by atoms with Gasteiger partial charge in [-0.25, -0.2) is 0 Å². The lowest BCUT2D eigenvalue weighted by Gasteiger charge is -2.22. The largest absolute Gasteiger partial charge is 0.481 e. The standard InChI is InChI=1S/C17H19NO4/c1-8-6-9(2)15(10(3)7-8)18-16(19)13-11-4-5-12(22-11)14(13)17(20)21/h4-7,11-14H,1-3H3,(H,18,19)(H,20,21)/t11-,12-,13-,14-/m1/s1. The van der Waals surface area contributed by atoms with Crippen LogP contribution < -0.4 is 5.32 Å². The average Bonchev–Trinajstić information content (AvgIpc) is 3.02. The molecule has 3 rings (SSSR count). The van der Waals surface area contributed by atoms with Crippen LogP contribution in [0.1, 0.15) is 16.7 Å². The summed E-state index contributed by atoms with van der Waals surface area (Å²) in [5.74, 6) is -2.79. The van der Waals surface area contributed by atoms with E-state index in [0.717, 1.165) is 22.4 Å². The molecule has 1 aromatic rings. The molecule has 1 amide bonds. The van der Waals surface area contributed by atoms with Gasteiger partial charge in [-0.2, -0.15) is 0 Å². The van der Waals surface area contributed by atoms with Gasteiger partial charge in [-0.05, 0) is 31.9 Å². The summed E-state index contributed by atoms with van der Waals surface area (Å²) in [4.78, 5) is 24.1. The third kappa shape index (κ3) is 2.31. The molecule has 22 heavy (non-hydrogen) atoms. The van der Waals surface area contributed by atoms with E-state index in [1.807, 2.05) is 32.9 Å². The molecular formula is C17H19NO4. The number of benzene rings is 1. The maximum absolute atomic E-state index is 12.6. The molecule has 0 aromatic heterocycles. The smallest absolute Gasteiger partial charge is 0.310 e. The van der Waals surface area contributed by atoms with Gasteiger partial charge in [0, 0.05) is 5.69 Å². The number of ether oxygens (including phenoxy) is 1. The number of fused-ring (bicyclic) bond motifs is 2. The number of hydrogen-bond acceptors (Lipinski definition) is 3. The van der Waals surface area contributed by atoms with Gasteiger partial charge in [-0.3, -0.25) is 9.59 Å². The van der Waals surface area contributed by atoms with E-state index in [1.54, 1.807) is 12.2 Å². The Hall–Kier alpha value is -2.14. The van der Waals surface area contributed by atoms with Gasteiger partial charge in [-0.15, -0.1) is 0 Å². The van der Waals surface area contributed by atoms with Crippen LogP contribution in [0, 0.1) is 32.6 Å². The zero-order valence-electron chi connectivity index (χ0n) is 12.8. The summed E-state index contributed by atoms with van der Waals surface area (Å²) >= 11 is 0. The molecule has 2 aliphatic heterocycles. The number of hydrogen-bond donors (Lipinski definition) is 2. The maximum atomic E-state index is 12.6. The minimum Gasteiger partial charge on any atom is -0.481 e. The average molecular weight is 301 g/mol. The number of anilines is 1. The van der Waals surface area contributed by atoms with Gasteiger partial charge >= 0.3 is 5.97 Å². The summed E-state index contributed by atoms with van der Waals surface area (Å²) < 4.78 is 5.54. The van der Waals surface area contributed by atoms with Gasteiger partial charge in [-0.1, -0.05) is 29.8 Å². The quantitative estimate of drug-likeness (QED) is 0.839. The summed E-state index contributed by atoms with van der Waals surface area (Å²) in [6.45, 7) is 5.86. The Balaban J connectivity index is 1.86. The first-order valence-corrected chi connectivity index (χ1v) is 7.34. The molecule has 1 aromatic carbocycles.